The Hall–Kier alpha value is -1.99. The number of hydrogen-bond donors (Lipinski definition) is 2. The lowest BCUT2D eigenvalue weighted by atomic mass is 9.88. The molecule has 0 bridgehead atoms. The molecule has 2 aromatic heterocycles. The maximum absolute atomic E-state index is 4.93. The van der Waals surface area contributed by atoms with Gasteiger partial charge in [-0.2, -0.15) is 4.68 Å². The Morgan fingerprint density at radius 2 is 2.19 bits per heavy atom. The molecule has 0 radical (unpaired) electrons. The van der Waals surface area contributed by atoms with Crippen LogP contribution in [0.5, 0.6) is 0 Å². The van der Waals surface area contributed by atoms with Gasteiger partial charge in [0.2, 0.25) is 5.62 Å². The average Bonchev–Trinajstić information content (AvgIpc) is 3.21. The first-order chi connectivity index (χ1) is 12.7. The van der Waals surface area contributed by atoms with Gasteiger partial charge in [0.1, 0.15) is 17.3 Å². The minimum atomic E-state index is 0.614. The molecule has 1 unspecified atom stereocenters. The summed E-state index contributed by atoms with van der Waals surface area (Å²) in [6, 6.07) is 10.3. The van der Waals surface area contributed by atoms with E-state index in [1.165, 1.54) is 27.8 Å². The summed E-state index contributed by atoms with van der Waals surface area (Å²) in [5.41, 5.74) is 3.37. The first kappa shape index (κ1) is 16.2. The van der Waals surface area contributed by atoms with Crippen molar-refractivity contribution in [3.8, 4) is 0 Å². The van der Waals surface area contributed by atoms with Crippen molar-refractivity contribution in [3.05, 3.63) is 52.0 Å². The first-order valence-corrected chi connectivity index (χ1v) is 10.2. The van der Waals surface area contributed by atoms with Crippen LogP contribution in [0.2, 0.25) is 0 Å². The van der Waals surface area contributed by atoms with Crippen molar-refractivity contribution >= 4 is 40.2 Å². The molecule has 3 heterocycles. The molecular formula is C19H21N5S2. The third-order valence-electron chi connectivity index (χ3n) is 5.19. The van der Waals surface area contributed by atoms with Gasteiger partial charge < -0.3 is 5.32 Å². The van der Waals surface area contributed by atoms with Crippen molar-refractivity contribution in [2.24, 2.45) is 10.9 Å². The van der Waals surface area contributed by atoms with Gasteiger partial charge in [0.25, 0.3) is 0 Å². The lowest BCUT2D eigenvalue weighted by Crippen LogP contribution is -2.33. The van der Waals surface area contributed by atoms with Crippen LogP contribution in [0.4, 0.5) is 5.82 Å². The third-order valence-corrected chi connectivity index (χ3v) is 6.70. The van der Waals surface area contributed by atoms with E-state index in [4.69, 9.17) is 9.98 Å². The number of aromatic nitrogens is 2. The van der Waals surface area contributed by atoms with Crippen molar-refractivity contribution in [1.29, 1.82) is 0 Å². The standard InChI is InChI=1S/C19H21N5S2/c1-12-7-8-15-14(9-12)16-17-21-11-23(25)24(17)19(22-18(16)26-15)20-10-13-5-3-2-4-6-13/h2-6,12,21,25H,7-11H2,1H3. The Morgan fingerprint density at radius 3 is 3.04 bits per heavy atom. The van der Waals surface area contributed by atoms with Crippen LogP contribution in [-0.2, 0) is 19.4 Å². The van der Waals surface area contributed by atoms with E-state index in [2.05, 4.69) is 37.2 Å². The van der Waals surface area contributed by atoms with Crippen molar-refractivity contribution < 1.29 is 0 Å². The van der Waals surface area contributed by atoms with Crippen molar-refractivity contribution in [2.45, 2.75) is 32.7 Å². The van der Waals surface area contributed by atoms with Gasteiger partial charge in [-0.15, -0.1) is 11.3 Å². The third kappa shape index (κ3) is 2.61. The summed E-state index contributed by atoms with van der Waals surface area (Å²) in [5, 5.41) is 4.77. The molecule has 0 spiro atoms. The lowest BCUT2D eigenvalue weighted by molar-refractivity contribution is 0.508. The van der Waals surface area contributed by atoms with Crippen LogP contribution in [0.15, 0.2) is 35.3 Å². The quantitative estimate of drug-likeness (QED) is 0.666. The monoisotopic (exact) mass is 383 g/mol. The summed E-state index contributed by atoms with van der Waals surface area (Å²) in [4.78, 5) is 12.3. The predicted molar refractivity (Wildman–Crippen MR) is 110 cm³/mol. The highest BCUT2D eigenvalue weighted by Crippen LogP contribution is 2.40. The summed E-state index contributed by atoms with van der Waals surface area (Å²) >= 11 is 6.45. The number of nitrogens with one attached hydrogen (secondary N) is 1. The van der Waals surface area contributed by atoms with Gasteiger partial charge in [0.15, 0.2) is 0 Å². The Bertz CT molecular complexity index is 1040. The second-order valence-corrected chi connectivity index (χ2v) is 8.66. The number of anilines is 1. The van der Waals surface area contributed by atoms with Gasteiger partial charge in [0.05, 0.1) is 11.9 Å². The Morgan fingerprint density at radius 1 is 1.35 bits per heavy atom. The summed E-state index contributed by atoms with van der Waals surface area (Å²) < 4.78 is 3.86. The molecule has 3 aromatic rings. The van der Waals surface area contributed by atoms with E-state index in [0.717, 1.165) is 29.4 Å². The molecule has 26 heavy (non-hydrogen) atoms. The zero-order valence-electron chi connectivity index (χ0n) is 14.6. The Labute approximate surface area is 161 Å². The van der Waals surface area contributed by atoms with Crippen LogP contribution in [-0.4, -0.2) is 16.3 Å². The van der Waals surface area contributed by atoms with E-state index >= 15 is 0 Å². The molecule has 134 valence electrons. The maximum Gasteiger partial charge on any atom is 0.248 e. The fourth-order valence-electron chi connectivity index (χ4n) is 3.86. The number of fused-ring (bicyclic) bond motifs is 5. The minimum Gasteiger partial charge on any atom is -0.350 e. The van der Waals surface area contributed by atoms with Gasteiger partial charge >= 0.3 is 0 Å². The van der Waals surface area contributed by atoms with Gasteiger partial charge in [-0.25, -0.2) is 14.4 Å². The van der Waals surface area contributed by atoms with E-state index in [-0.39, 0.29) is 0 Å². The minimum absolute atomic E-state index is 0.614. The maximum atomic E-state index is 4.93. The fourth-order valence-corrected chi connectivity index (χ4v) is 5.31. The normalized spacial score (nSPS) is 19.5. The topological polar surface area (TPSA) is 45.5 Å². The molecule has 1 aliphatic heterocycles. The molecule has 1 atom stereocenters. The molecule has 0 amide bonds. The molecule has 5 nitrogen and oxygen atoms in total. The Kier molecular flexibility index (Phi) is 3.94. The number of hydrogen-bond acceptors (Lipinski definition) is 6. The summed E-state index contributed by atoms with van der Waals surface area (Å²) in [7, 11) is 0. The van der Waals surface area contributed by atoms with Gasteiger partial charge in [0, 0.05) is 4.88 Å². The molecule has 0 saturated heterocycles. The zero-order valence-corrected chi connectivity index (χ0v) is 16.4. The average molecular weight is 384 g/mol. The summed E-state index contributed by atoms with van der Waals surface area (Å²) in [6.45, 7) is 3.61. The van der Waals surface area contributed by atoms with E-state index < -0.39 is 0 Å². The number of thiol groups is 1. The largest absolute Gasteiger partial charge is 0.350 e. The molecule has 1 N–H and O–H groups in total. The lowest BCUT2D eigenvalue weighted by Gasteiger charge is -2.18. The van der Waals surface area contributed by atoms with Gasteiger partial charge in [-0.3, -0.25) is 0 Å². The highest BCUT2D eigenvalue weighted by Gasteiger charge is 2.28. The molecular weight excluding hydrogens is 362 g/mol. The number of rotatable bonds is 2. The van der Waals surface area contributed by atoms with Crippen LogP contribution < -0.4 is 15.3 Å². The number of nitrogens with zero attached hydrogens (tertiary/aromatic N) is 4. The summed E-state index contributed by atoms with van der Waals surface area (Å²) in [6.07, 6.45) is 3.57. The molecule has 2 aliphatic rings. The molecule has 0 fully saturated rings. The second-order valence-electron chi connectivity index (χ2n) is 7.11. The van der Waals surface area contributed by atoms with Crippen LogP contribution in [0.3, 0.4) is 0 Å². The SMILES string of the molecule is CC1CCc2sc3nc(=NCc4ccccc4)n4c(c3c2C1)NCN4S. The van der Waals surface area contributed by atoms with Gasteiger partial charge in [-0.1, -0.05) is 37.3 Å². The van der Waals surface area contributed by atoms with E-state index in [0.29, 0.717) is 18.8 Å². The van der Waals surface area contributed by atoms with E-state index in [1.54, 1.807) is 0 Å². The van der Waals surface area contributed by atoms with Crippen molar-refractivity contribution in [2.75, 3.05) is 16.4 Å². The fraction of sp³-hybridized carbons (Fsp3) is 0.368. The predicted octanol–water partition coefficient (Wildman–Crippen LogP) is 3.49. The first-order valence-electron chi connectivity index (χ1n) is 9.03. The number of benzene rings is 1. The molecule has 1 aliphatic carbocycles. The van der Waals surface area contributed by atoms with Crippen molar-refractivity contribution in [3.63, 3.8) is 0 Å². The molecule has 0 saturated carbocycles. The summed E-state index contributed by atoms with van der Waals surface area (Å²) in [5.74, 6) is 1.82. The highest BCUT2D eigenvalue weighted by molar-refractivity contribution is 7.81. The van der Waals surface area contributed by atoms with Crippen LogP contribution >= 0.6 is 24.2 Å². The van der Waals surface area contributed by atoms with Crippen LogP contribution in [0, 0.1) is 5.92 Å². The van der Waals surface area contributed by atoms with E-state index in [1.807, 2.05) is 38.6 Å². The van der Waals surface area contributed by atoms with Crippen molar-refractivity contribution in [1.82, 2.24) is 9.66 Å². The number of aryl methyl sites for hydroxylation is 1. The van der Waals surface area contributed by atoms with Gasteiger partial charge in [-0.05, 0) is 49.1 Å². The highest BCUT2D eigenvalue weighted by atomic mass is 32.1. The molecule has 5 rings (SSSR count). The number of thiophene rings is 1. The smallest absolute Gasteiger partial charge is 0.248 e. The van der Waals surface area contributed by atoms with Crippen LogP contribution in [0.1, 0.15) is 29.3 Å². The second kappa shape index (κ2) is 6.32. The van der Waals surface area contributed by atoms with E-state index in [9.17, 15) is 0 Å². The zero-order chi connectivity index (χ0) is 17.7. The molecule has 7 heteroatoms. The molecule has 1 aromatic carbocycles. The van der Waals surface area contributed by atoms with Crippen LogP contribution in [0.25, 0.3) is 10.2 Å². The Balaban J connectivity index is 1.69.